The number of benzene rings is 1. The Kier molecular flexibility index (Phi) is 3.94. The number of amides is 1. The fourth-order valence-electron chi connectivity index (χ4n) is 1.29. The lowest BCUT2D eigenvalue weighted by Crippen LogP contribution is -2.39. The van der Waals surface area contributed by atoms with E-state index in [1.807, 2.05) is 12.1 Å². The molecule has 0 saturated heterocycles. The van der Waals surface area contributed by atoms with E-state index in [1.165, 1.54) is 7.05 Å². The van der Waals surface area contributed by atoms with Crippen molar-refractivity contribution in [1.29, 1.82) is 0 Å². The van der Waals surface area contributed by atoms with Crippen LogP contribution in [-0.2, 0) is 11.2 Å². The molecular formula is C10H14ClN3O. The van der Waals surface area contributed by atoms with Crippen LogP contribution in [0.2, 0.25) is 0 Å². The van der Waals surface area contributed by atoms with E-state index in [0.29, 0.717) is 12.1 Å². The highest BCUT2D eigenvalue weighted by Gasteiger charge is 2.16. The van der Waals surface area contributed by atoms with E-state index in [2.05, 4.69) is 0 Å². The Hall–Kier alpha value is -1.26. The summed E-state index contributed by atoms with van der Waals surface area (Å²) < 4.78 is 0.969. The summed E-state index contributed by atoms with van der Waals surface area (Å²) in [5.74, 6) is -0.306. The summed E-state index contributed by atoms with van der Waals surface area (Å²) in [6.45, 7) is 0. The fraction of sp³-hybridized carbons (Fsp3) is 0.300. The van der Waals surface area contributed by atoms with Crippen LogP contribution in [0.1, 0.15) is 5.56 Å². The standard InChI is InChI=1S/C10H14ClN3O/c1-14(11)10(15)9(13)6-7-3-2-4-8(12)5-7/h2-5,9H,6,12-13H2,1H3/t9-/m0/s1. The predicted octanol–water partition coefficient (Wildman–Crippen LogP) is 0.751. The molecule has 0 aliphatic carbocycles. The van der Waals surface area contributed by atoms with Crippen LogP contribution < -0.4 is 11.5 Å². The van der Waals surface area contributed by atoms with Gasteiger partial charge in [0.1, 0.15) is 0 Å². The number of rotatable bonds is 3. The molecule has 82 valence electrons. The SMILES string of the molecule is CN(Cl)C(=O)[C@@H](N)Cc1cccc(N)c1. The third kappa shape index (κ3) is 3.42. The molecule has 0 saturated carbocycles. The first-order chi connectivity index (χ1) is 7.00. The van der Waals surface area contributed by atoms with Gasteiger partial charge in [0.15, 0.2) is 0 Å². The van der Waals surface area contributed by atoms with Gasteiger partial charge in [-0.3, -0.25) is 9.21 Å². The van der Waals surface area contributed by atoms with Crippen molar-refractivity contribution in [2.75, 3.05) is 12.8 Å². The van der Waals surface area contributed by atoms with Gasteiger partial charge >= 0.3 is 0 Å². The number of carbonyl (C=O) groups excluding carboxylic acids is 1. The van der Waals surface area contributed by atoms with Crippen LogP contribution in [0, 0.1) is 0 Å². The van der Waals surface area contributed by atoms with E-state index in [-0.39, 0.29) is 5.91 Å². The zero-order valence-corrected chi connectivity index (χ0v) is 9.24. The first-order valence-corrected chi connectivity index (χ1v) is 4.88. The van der Waals surface area contributed by atoms with Crippen LogP contribution in [0.5, 0.6) is 0 Å². The third-order valence-corrected chi connectivity index (χ3v) is 2.19. The lowest BCUT2D eigenvalue weighted by molar-refractivity contribution is -0.127. The molecule has 0 bridgehead atoms. The topological polar surface area (TPSA) is 72.3 Å². The number of hydrogen-bond acceptors (Lipinski definition) is 3. The predicted molar refractivity (Wildman–Crippen MR) is 61.2 cm³/mol. The molecule has 0 heterocycles. The summed E-state index contributed by atoms with van der Waals surface area (Å²) in [6.07, 6.45) is 0.431. The van der Waals surface area contributed by atoms with Crippen molar-refractivity contribution in [3.8, 4) is 0 Å². The molecular weight excluding hydrogens is 214 g/mol. The number of carbonyl (C=O) groups is 1. The van der Waals surface area contributed by atoms with Gasteiger partial charge in [-0.25, -0.2) is 0 Å². The van der Waals surface area contributed by atoms with E-state index in [1.54, 1.807) is 12.1 Å². The van der Waals surface area contributed by atoms with Crippen LogP contribution in [-0.4, -0.2) is 23.4 Å². The molecule has 0 spiro atoms. The quantitative estimate of drug-likeness (QED) is 0.591. The molecule has 4 nitrogen and oxygen atoms in total. The highest BCUT2D eigenvalue weighted by Crippen LogP contribution is 2.09. The molecule has 1 atom stereocenters. The van der Waals surface area contributed by atoms with Gasteiger partial charge in [-0.05, 0) is 24.1 Å². The zero-order valence-electron chi connectivity index (χ0n) is 8.48. The maximum atomic E-state index is 11.4. The van der Waals surface area contributed by atoms with Crippen molar-refractivity contribution in [2.45, 2.75) is 12.5 Å². The van der Waals surface area contributed by atoms with Crippen LogP contribution in [0.25, 0.3) is 0 Å². The van der Waals surface area contributed by atoms with Gasteiger partial charge in [-0.1, -0.05) is 12.1 Å². The lowest BCUT2D eigenvalue weighted by atomic mass is 10.1. The van der Waals surface area contributed by atoms with E-state index >= 15 is 0 Å². The Morgan fingerprint density at radius 2 is 2.27 bits per heavy atom. The van der Waals surface area contributed by atoms with Gasteiger partial charge < -0.3 is 11.5 Å². The van der Waals surface area contributed by atoms with Crippen molar-refractivity contribution in [3.63, 3.8) is 0 Å². The molecule has 15 heavy (non-hydrogen) atoms. The second-order valence-electron chi connectivity index (χ2n) is 3.37. The Balaban J connectivity index is 2.66. The average molecular weight is 228 g/mol. The molecule has 0 radical (unpaired) electrons. The molecule has 1 rings (SSSR count). The molecule has 0 aromatic heterocycles. The minimum absolute atomic E-state index is 0.306. The molecule has 1 aromatic carbocycles. The van der Waals surface area contributed by atoms with Gasteiger partial charge in [0.25, 0.3) is 5.91 Å². The minimum Gasteiger partial charge on any atom is -0.399 e. The smallest absolute Gasteiger partial charge is 0.253 e. The summed E-state index contributed by atoms with van der Waals surface area (Å²) >= 11 is 5.50. The summed E-state index contributed by atoms with van der Waals surface area (Å²) in [6, 6.07) is 6.64. The second-order valence-corrected chi connectivity index (χ2v) is 3.88. The van der Waals surface area contributed by atoms with Crippen LogP contribution in [0.3, 0.4) is 0 Å². The summed E-state index contributed by atoms with van der Waals surface area (Å²) in [5, 5.41) is 0. The Bertz CT molecular complexity index is 354. The average Bonchev–Trinajstić information content (AvgIpc) is 2.16. The first kappa shape index (κ1) is 11.8. The molecule has 0 aliphatic rings. The molecule has 1 amide bonds. The normalized spacial score (nSPS) is 12.2. The highest BCUT2D eigenvalue weighted by atomic mass is 35.5. The number of halogens is 1. The molecule has 5 heteroatoms. The number of nitrogens with zero attached hydrogens (tertiary/aromatic N) is 1. The number of hydrogen-bond donors (Lipinski definition) is 2. The molecule has 1 aromatic rings. The van der Waals surface area contributed by atoms with Crippen molar-refractivity contribution >= 4 is 23.4 Å². The molecule has 0 unspecified atom stereocenters. The van der Waals surface area contributed by atoms with Crippen molar-refractivity contribution in [2.24, 2.45) is 5.73 Å². The number of nitrogens with two attached hydrogens (primary N) is 2. The molecule has 4 N–H and O–H groups in total. The maximum absolute atomic E-state index is 11.4. The first-order valence-electron chi connectivity index (χ1n) is 4.54. The number of anilines is 1. The summed E-state index contributed by atoms with van der Waals surface area (Å²) in [7, 11) is 1.46. The van der Waals surface area contributed by atoms with Crippen molar-refractivity contribution in [1.82, 2.24) is 4.42 Å². The summed E-state index contributed by atoms with van der Waals surface area (Å²) in [5.41, 5.74) is 12.9. The maximum Gasteiger partial charge on any atom is 0.253 e. The van der Waals surface area contributed by atoms with E-state index < -0.39 is 6.04 Å². The number of nitrogen functional groups attached to an aromatic ring is 1. The Labute approximate surface area is 93.9 Å². The highest BCUT2D eigenvalue weighted by molar-refractivity contribution is 6.21. The fourth-order valence-corrected chi connectivity index (χ4v) is 1.42. The van der Waals surface area contributed by atoms with E-state index in [0.717, 1.165) is 9.98 Å². The minimum atomic E-state index is -0.630. The Morgan fingerprint density at radius 1 is 1.60 bits per heavy atom. The molecule has 0 fully saturated rings. The third-order valence-electron chi connectivity index (χ3n) is 2.03. The van der Waals surface area contributed by atoms with Crippen molar-refractivity contribution < 1.29 is 4.79 Å². The van der Waals surface area contributed by atoms with Crippen LogP contribution >= 0.6 is 11.8 Å². The van der Waals surface area contributed by atoms with Gasteiger partial charge in [0.2, 0.25) is 0 Å². The molecule has 0 aliphatic heterocycles. The lowest BCUT2D eigenvalue weighted by Gasteiger charge is -2.14. The van der Waals surface area contributed by atoms with Gasteiger partial charge in [0, 0.05) is 24.5 Å². The number of likely N-dealkylation sites (N-methyl/N-ethyl adjacent to an activating group) is 1. The van der Waals surface area contributed by atoms with Gasteiger partial charge in [-0.15, -0.1) is 0 Å². The zero-order chi connectivity index (χ0) is 11.4. The van der Waals surface area contributed by atoms with Gasteiger partial charge in [-0.2, -0.15) is 0 Å². The Morgan fingerprint density at radius 3 is 2.80 bits per heavy atom. The van der Waals surface area contributed by atoms with Crippen LogP contribution in [0.4, 0.5) is 5.69 Å². The summed E-state index contributed by atoms with van der Waals surface area (Å²) in [4.78, 5) is 11.4. The second kappa shape index (κ2) is 5.00. The van der Waals surface area contributed by atoms with Crippen LogP contribution in [0.15, 0.2) is 24.3 Å². The van der Waals surface area contributed by atoms with Crippen molar-refractivity contribution in [3.05, 3.63) is 29.8 Å². The monoisotopic (exact) mass is 227 g/mol. The van der Waals surface area contributed by atoms with E-state index in [9.17, 15) is 4.79 Å². The van der Waals surface area contributed by atoms with E-state index in [4.69, 9.17) is 23.2 Å². The van der Waals surface area contributed by atoms with Gasteiger partial charge in [0.05, 0.1) is 6.04 Å². The largest absolute Gasteiger partial charge is 0.399 e.